The van der Waals surface area contributed by atoms with E-state index >= 15 is 0 Å². The molecule has 0 bridgehead atoms. The lowest BCUT2D eigenvalue weighted by atomic mass is 9.96. The second-order valence-corrected chi connectivity index (χ2v) is 6.38. The van der Waals surface area contributed by atoms with E-state index in [0.29, 0.717) is 6.42 Å². The quantitative estimate of drug-likeness (QED) is 0.764. The number of aryl methyl sites for hydroxylation is 1. The van der Waals surface area contributed by atoms with Gasteiger partial charge in [-0.25, -0.2) is 17.8 Å². The normalized spacial score (nSPS) is 13.2. The largest absolute Gasteiger partial charge is 0.396 e. The Morgan fingerprint density at radius 1 is 1.33 bits per heavy atom. The molecule has 2 N–H and O–H groups in total. The molecule has 8 heteroatoms. The zero-order chi connectivity index (χ0) is 15.3. The van der Waals surface area contributed by atoms with E-state index in [1.54, 1.807) is 0 Å². The van der Waals surface area contributed by atoms with Crippen LogP contribution in [0.5, 0.6) is 0 Å². The highest BCUT2D eigenvalue weighted by atomic mass is 32.2. The molecule has 1 aromatic carbocycles. The van der Waals surface area contributed by atoms with E-state index in [9.17, 15) is 8.42 Å². The summed E-state index contributed by atoms with van der Waals surface area (Å²) in [6.45, 7) is 0.201. The van der Waals surface area contributed by atoms with E-state index in [-0.39, 0.29) is 24.1 Å². The fourth-order valence-electron chi connectivity index (χ4n) is 2.08. The first-order valence-electron chi connectivity index (χ1n) is 6.54. The monoisotopic (exact) mass is 310 g/mol. The summed E-state index contributed by atoms with van der Waals surface area (Å²) in [6.07, 6.45) is 1.68. The number of benzene rings is 1. The third-order valence-electron chi connectivity index (χ3n) is 3.22. The van der Waals surface area contributed by atoms with E-state index in [1.165, 1.54) is 17.9 Å². The Balaban J connectivity index is 2.11. The number of aliphatic hydroxyl groups excluding tert-OH is 1. The van der Waals surface area contributed by atoms with Gasteiger partial charge in [0.25, 0.3) is 10.0 Å². The molecule has 0 aliphatic rings. The van der Waals surface area contributed by atoms with Gasteiger partial charge in [0.1, 0.15) is 0 Å². The molecule has 114 valence electrons. The Labute approximate surface area is 123 Å². The number of nitrogens with one attached hydrogen (secondary N) is 1. The van der Waals surface area contributed by atoms with Crippen molar-refractivity contribution in [1.29, 1.82) is 0 Å². The van der Waals surface area contributed by atoms with Gasteiger partial charge in [-0.05, 0) is 17.9 Å². The zero-order valence-electron chi connectivity index (χ0n) is 11.7. The molecule has 7 nitrogen and oxygen atoms in total. The first-order chi connectivity index (χ1) is 10.0. The van der Waals surface area contributed by atoms with Gasteiger partial charge in [-0.2, -0.15) is 0 Å². The average molecular weight is 310 g/mol. The van der Waals surface area contributed by atoms with Crippen LogP contribution in [-0.2, 0) is 17.1 Å². The summed E-state index contributed by atoms with van der Waals surface area (Å²) in [7, 11) is -2.14. The maximum absolute atomic E-state index is 12.2. The Hall–Kier alpha value is -1.77. The van der Waals surface area contributed by atoms with E-state index in [2.05, 4.69) is 15.0 Å². The van der Waals surface area contributed by atoms with Crippen molar-refractivity contribution in [3.8, 4) is 0 Å². The zero-order valence-corrected chi connectivity index (χ0v) is 12.5. The molecule has 0 saturated carbocycles. The summed E-state index contributed by atoms with van der Waals surface area (Å²) in [6, 6.07) is 9.50. The number of nitrogens with zero attached hydrogens (tertiary/aromatic N) is 3. The summed E-state index contributed by atoms with van der Waals surface area (Å²) in [5, 5.41) is 16.3. The highest BCUT2D eigenvalue weighted by Gasteiger charge is 2.21. The summed E-state index contributed by atoms with van der Waals surface area (Å²) >= 11 is 0. The van der Waals surface area contributed by atoms with Crippen LogP contribution < -0.4 is 4.72 Å². The summed E-state index contributed by atoms with van der Waals surface area (Å²) in [5.41, 5.74) is 0.984. The van der Waals surface area contributed by atoms with Gasteiger partial charge in [-0.3, -0.25) is 0 Å². The van der Waals surface area contributed by atoms with Crippen LogP contribution in [0.2, 0.25) is 0 Å². The molecule has 0 spiro atoms. The first kappa shape index (κ1) is 15.6. The predicted molar refractivity (Wildman–Crippen MR) is 77.1 cm³/mol. The highest BCUT2D eigenvalue weighted by molar-refractivity contribution is 7.89. The molecule has 2 rings (SSSR count). The van der Waals surface area contributed by atoms with Gasteiger partial charge in [-0.1, -0.05) is 35.5 Å². The highest BCUT2D eigenvalue weighted by Crippen LogP contribution is 2.19. The second kappa shape index (κ2) is 6.79. The third kappa shape index (κ3) is 3.87. The number of rotatable bonds is 7. The van der Waals surface area contributed by atoms with E-state index in [1.807, 2.05) is 30.3 Å². The standard InChI is InChI=1S/C13H18N4O3S/c1-17-13(10-14-16-17)21(19,20)15-9-12(7-8-18)11-5-3-2-4-6-11/h2-6,10,12,15,18H,7-9H2,1H3/t12-/m0/s1. The molecule has 1 atom stereocenters. The van der Waals surface area contributed by atoms with Crippen LogP contribution in [0.4, 0.5) is 0 Å². The van der Waals surface area contributed by atoms with Crippen molar-refractivity contribution in [2.75, 3.05) is 13.2 Å². The number of aromatic nitrogens is 3. The minimum absolute atomic E-state index is 0.00540. The Morgan fingerprint density at radius 3 is 2.62 bits per heavy atom. The molecule has 0 unspecified atom stereocenters. The molecule has 1 aromatic heterocycles. The maximum atomic E-state index is 12.2. The van der Waals surface area contributed by atoms with Gasteiger partial charge >= 0.3 is 0 Å². The molecular formula is C13H18N4O3S. The van der Waals surface area contributed by atoms with Gasteiger partial charge in [0.15, 0.2) is 5.03 Å². The average Bonchev–Trinajstić information content (AvgIpc) is 2.91. The van der Waals surface area contributed by atoms with Crippen molar-refractivity contribution in [2.24, 2.45) is 7.05 Å². The number of aliphatic hydroxyl groups is 1. The van der Waals surface area contributed by atoms with Crippen molar-refractivity contribution in [3.05, 3.63) is 42.1 Å². The van der Waals surface area contributed by atoms with Gasteiger partial charge in [0.2, 0.25) is 0 Å². The fraction of sp³-hybridized carbons (Fsp3) is 0.385. The first-order valence-corrected chi connectivity index (χ1v) is 8.03. The predicted octanol–water partition coefficient (Wildman–Crippen LogP) is 0.260. The Kier molecular flexibility index (Phi) is 5.05. The molecule has 2 aromatic rings. The summed E-state index contributed by atoms with van der Waals surface area (Å²) in [5.74, 6) is -0.0906. The molecule has 0 aliphatic heterocycles. The van der Waals surface area contributed by atoms with E-state index in [0.717, 1.165) is 5.56 Å². The van der Waals surface area contributed by atoms with Gasteiger partial charge in [0.05, 0.1) is 6.20 Å². The maximum Gasteiger partial charge on any atom is 0.259 e. The van der Waals surface area contributed by atoms with Gasteiger partial charge in [0, 0.05) is 20.2 Å². The SMILES string of the molecule is Cn1nncc1S(=O)(=O)NC[C@H](CCO)c1ccccc1. The van der Waals surface area contributed by atoms with Crippen LogP contribution in [0, 0.1) is 0 Å². The molecule has 0 aliphatic carbocycles. The van der Waals surface area contributed by atoms with Gasteiger partial charge < -0.3 is 5.11 Å². The van der Waals surface area contributed by atoms with Crippen molar-refractivity contribution in [3.63, 3.8) is 0 Å². The van der Waals surface area contributed by atoms with Crippen molar-refractivity contribution in [1.82, 2.24) is 19.7 Å². The molecule has 1 heterocycles. The summed E-state index contributed by atoms with van der Waals surface area (Å²) in [4.78, 5) is 0. The molecule has 0 fully saturated rings. The number of hydrogen-bond donors (Lipinski definition) is 2. The summed E-state index contributed by atoms with van der Waals surface area (Å²) < 4.78 is 28.1. The van der Waals surface area contributed by atoms with Crippen LogP contribution in [0.25, 0.3) is 0 Å². The lowest BCUT2D eigenvalue weighted by Crippen LogP contribution is -2.30. The minimum Gasteiger partial charge on any atom is -0.396 e. The smallest absolute Gasteiger partial charge is 0.259 e. The molecular weight excluding hydrogens is 292 g/mol. The Bertz CT molecular complexity index is 670. The van der Waals surface area contributed by atoms with Gasteiger partial charge in [-0.15, -0.1) is 5.10 Å². The van der Waals surface area contributed by atoms with Crippen molar-refractivity contribution < 1.29 is 13.5 Å². The van der Waals surface area contributed by atoms with Crippen molar-refractivity contribution >= 4 is 10.0 Å². The Morgan fingerprint density at radius 2 is 2.05 bits per heavy atom. The third-order valence-corrected chi connectivity index (χ3v) is 4.68. The van der Waals surface area contributed by atoms with Crippen LogP contribution in [0.1, 0.15) is 17.9 Å². The lowest BCUT2D eigenvalue weighted by Gasteiger charge is -2.17. The molecule has 0 saturated heterocycles. The second-order valence-electron chi connectivity index (χ2n) is 4.67. The van der Waals surface area contributed by atoms with E-state index < -0.39 is 10.0 Å². The van der Waals surface area contributed by atoms with Crippen LogP contribution >= 0.6 is 0 Å². The lowest BCUT2D eigenvalue weighted by molar-refractivity contribution is 0.275. The number of sulfonamides is 1. The molecule has 0 amide bonds. The minimum atomic E-state index is -3.66. The number of hydrogen-bond acceptors (Lipinski definition) is 5. The fourth-order valence-corrected chi connectivity index (χ4v) is 3.21. The van der Waals surface area contributed by atoms with Crippen molar-refractivity contribution in [2.45, 2.75) is 17.4 Å². The topological polar surface area (TPSA) is 97.1 Å². The van der Waals surface area contributed by atoms with E-state index in [4.69, 9.17) is 5.11 Å². The van der Waals surface area contributed by atoms with Crippen LogP contribution in [0.3, 0.4) is 0 Å². The molecule has 0 radical (unpaired) electrons. The van der Waals surface area contributed by atoms with Crippen LogP contribution in [-0.4, -0.2) is 41.7 Å². The molecule has 21 heavy (non-hydrogen) atoms. The van der Waals surface area contributed by atoms with Crippen LogP contribution in [0.15, 0.2) is 41.6 Å².